The number of nitrogens with one attached hydrogen (secondary N) is 1. The third-order valence-corrected chi connectivity index (χ3v) is 0.903. The van der Waals surface area contributed by atoms with Gasteiger partial charge in [-0.05, 0) is 7.05 Å². The molecule has 1 atom stereocenters. The molecule has 42 valence electrons. The smallest absolute Gasteiger partial charge is 0.426 e. The van der Waals surface area contributed by atoms with Crippen molar-refractivity contribution < 1.29 is 10.0 Å². The summed E-state index contributed by atoms with van der Waals surface area (Å²) in [6.07, 6.45) is 0. The molecule has 0 aromatic rings. The fourth-order valence-corrected chi connectivity index (χ4v) is 0.149. The van der Waals surface area contributed by atoms with Crippen molar-refractivity contribution in [2.45, 2.75) is 12.9 Å². The lowest BCUT2D eigenvalue weighted by Gasteiger charge is -2.05. The first-order valence-corrected chi connectivity index (χ1v) is 2.22. The Hall–Kier alpha value is -0.0551. The van der Waals surface area contributed by atoms with Gasteiger partial charge in [0.05, 0.1) is 0 Å². The maximum absolute atomic E-state index is 8.31. The van der Waals surface area contributed by atoms with E-state index in [4.69, 9.17) is 10.0 Å². The van der Waals surface area contributed by atoms with E-state index < -0.39 is 7.12 Å². The fraction of sp³-hybridized carbons (Fsp3) is 1.00. The molecule has 0 bridgehead atoms. The Morgan fingerprint density at radius 1 is 1.57 bits per heavy atom. The van der Waals surface area contributed by atoms with E-state index in [1.165, 1.54) is 0 Å². The molecule has 0 saturated heterocycles. The van der Waals surface area contributed by atoms with Crippen LogP contribution in [0.4, 0.5) is 0 Å². The van der Waals surface area contributed by atoms with Crippen LogP contribution >= 0.6 is 0 Å². The Kier molecular flexibility index (Phi) is 2.99. The summed E-state index contributed by atoms with van der Waals surface area (Å²) in [5, 5.41) is 19.3. The van der Waals surface area contributed by atoms with Gasteiger partial charge < -0.3 is 15.4 Å². The number of rotatable bonds is 2. The van der Waals surface area contributed by atoms with E-state index in [0.717, 1.165) is 0 Å². The van der Waals surface area contributed by atoms with Crippen LogP contribution in [0, 0.1) is 0 Å². The second kappa shape index (κ2) is 3.01. The highest BCUT2D eigenvalue weighted by Gasteiger charge is 2.14. The van der Waals surface area contributed by atoms with Crippen LogP contribution in [-0.4, -0.2) is 30.2 Å². The summed E-state index contributed by atoms with van der Waals surface area (Å²) in [4.78, 5) is 0. The summed E-state index contributed by atoms with van der Waals surface area (Å²) < 4.78 is 0. The molecule has 3 N–H and O–H groups in total. The van der Waals surface area contributed by atoms with Gasteiger partial charge in [0.1, 0.15) is 0 Å². The summed E-state index contributed by atoms with van der Waals surface area (Å²) in [5.74, 6) is -0.236. The van der Waals surface area contributed by atoms with Crippen LogP contribution in [0.15, 0.2) is 0 Å². The molecule has 0 aliphatic heterocycles. The van der Waals surface area contributed by atoms with Crippen LogP contribution in [-0.2, 0) is 0 Å². The molecule has 0 aromatic heterocycles. The van der Waals surface area contributed by atoms with Crippen molar-refractivity contribution in [2.75, 3.05) is 7.05 Å². The lowest BCUT2D eigenvalue weighted by Crippen LogP contribution is -2.38. The highest BCUT2D eigenvalue weighted by Crippen LogP contribution is 1.77. The second-order valence-corrected chi connectivity index (χ2v) is 1.49. The zero-order valence-electron chi connectivity index (χ0n) is 4.55. The van der Waals surface area contributed by atoms with E-state index in [9.17, 15) is 0 Å². The van der Waals surface area contributed by atoms with Crippen molar-refractivity contribution in [1.82, 2.24) is 5.32 Å². The predicted molar refractivity (Wildman–Crippen MR) is 28.7 cm³/mol. The normalized spacial score (nSPS) is 13.7. The average Bonchev–Trinajstić information content (AvgIpc) is 1.65. The van der Waals surface area contributed by atoms with Crippen molar-refractivity contribution in [3.05, 3.63) is 0 Å². The van der Waals surface area contributed by atoms with Crippen LogP contribution in [0.5, 0.6) is 0 Å². The van der Waals surface area contributed by atoms with Crippen LogP contribution in [0.3, 0.4) is 0 Å². The van der Waals surface area contributed by atoms with Gasteiger partial charge in [-0.15, -0.1) is 0 Å². The summed E-state index contributed by atoms with van der Waals surface area (Å²) in [6.45, 7) is 1.69. The largest absolute Gasteiger partial charge is 0.469 e. The standard InChI is InChI=1S/C3H10BNO2/c1-3(5-2)4(6)7/h3,5-7H,1-2H3. The molecule has 0 saturated carbocycles. The molecule has 4 heteroatoms. The van der Waals surface area contributed by atoms with Gasteiger partial charge in [-0.1, -0.05) is 6.92 Å². The van der Waals surface area contributed by atoms with Crippen LogP contribution in [0.2, 0.25) is 0 Å². The van der Waals surface area contributed by atoms with Gasteiger partial charge in [-0.2, -0.15) is 0 Å². The van der Waals surface area contributed by atoms with Crippen molar-refractivity contribution in [3.8, 4) is 0 Å². The molecule has 0 rings (SSSR count). The van der Waals surface area contributed by atoms with Gasteiger partial charge in [0, 0.05) is 5.94 Å². The number of hydrogen-bond donors (Lipinski definition) is 3. The Labute approximate surface area is 43.5 Å². The Morgan fingerprint density at radius 3 is 2.00 bits per heavy atom. The Bertz CT molecular complexity index is 50.2. The molecule has 0 aromatic carbocycles. The molecule has 0 aliphatic rings. The lowest BCUT2D eigenvalue weighted by atomic mass is 9.81. The van der Waals surface area contributed by atoms with E-state index in [0.29, 0.717) is 0 Å². The molecular weight excluding hydrogens is 92.8 g/mol. The van der Waals surface area contributed by atoms with Gasteiger partial charge in [-0.3, -0.25) is 0 Å². The fourth-order valence-electron chi connectivity index (χ4n) is 0.149. The van der Waals surface area contributed by atoms with Gasteiger partial charge in [0.15, 0.2) is 0 Å². The molecule has 0 spiro atoms. The topological polar surface area (TPSA) is 52.5 Å². The first-order chi connectivity index (χ1) is 3.18. The lowest BCUT2D eigenvalue weighted by molar-refractivity contribution is 0.381. The molecule has 0 amide bonds. The second-order valence-electron chi connectivity index (χ2n) is 1.49. The average molecular weight is 103 g/mol. The summed E-state index contributed by atoms with van der Waals surface area (Å²) in [6, 6.07) is 0. The van der Waals surface area contributed by atoms with Gasteiger partial charge >= 0.3 is 7.12 Å². The molecule has 0 heterocycles. The highest BCUT2D eigenvalue weighted by atomic mass is 16.4. The Morgan fingerprint density at radius 2 is 2.00 bits per heavy atom. The molecular formula is C3H10BNO2. The molecule has 7 heavy (non-hydrogen) atoms. The molecule has 0 radical (unpaired) electrons. The van der Waals surface area contributed by atoms with E-state index >= 15 is 0 Å². The van der Waals surface area contributed by atoms with Gasteiger partial charge in [0.2, 0.25) is 0 Å². The number of hydrogen-bond acceptors (Lipinski definition) is 3. The van der Waals surface area contributed by atoms with Crippen LogP contribution < -0.4 is 5.32 Å². The third kappa shape index (κ3) is 2.62. The first-order valence-electron chi connectivity index (χ1n) is 2.22. The zero-order chi connectivity index (χ0) is 5.86. The quantitative estimate of drug-likeness (QED) is 0.377. The van der Waals surface area contributed by atoms with Gasteiger partial charge in [-0.25, -0.2) is 0 Å². The Balaban J connectivity index is 3.14. The van der Waals surface area contributed by atoms with Crippen LogP contribution in [0.25, 0.3) is 0 Å². The SMILES string of the molecule is CNC(C)B(O)O. The molecule has 0 aliphatic carbocycles. The third-order valence-electron chi connectivity index (χ3n) is 0.903. The van der Waals surface area contributed by atoms with Gasteiger partial charge in [0.25, 0.3) is 0 Å². The van der Waals surface area contributed by atoms with E-state index in [2.05, 4.69) is 5.32 Å². The minimum atomic E-state index is -1.25. The van der Waals surface area contributed by atoms with E-state index in [1.54, 1.807) is 14.0 Å². The first kappa shape index (κ1) is 6.94. The minimum Gasteiger partial charge on any atom is -0.426 e. The molecule has 0 fully saturated rings. The zero-order valence-corrected chi connectivity index (χ0v) is 4.55. The summed E-state index contributed by atoms with van der Waals surface area (Å²) in [7, 11) is 0.425. The van der Waals surface area contributed by atoms with E-state index in [-0.39, 0.29) is 5.94 Å². The maximum atomic E-state index is 8.31. The van der Waals surface area contributed by atoms with Crippen LogP contribution in [0.1, 0.15) is 6.92 Å². The monoisotopic (exact) mass is 103 g/mol. The highest BCUT2D eigenvalue weighted by molar-refractivity contribution is 6.43. The summed E-state index contributed by atoms with van der Waals surface area (Å²) >= 11 is 0. The van der Waals surface area contributed by atoms with Crippen molar-refractivity contribution >= 4 is 7.12 Å². The van der Waals surface area contributed by atoms with Crippen molar-refractivity contribution in [3.63, 3.8) is 0 Å². The van der Waals surface area contributed by atoms with Crippen molar-refractivity contribution in [2.24, 2.45) is 0 Å². The summed E-state index contributed by atoms with van der Waals surface area (Å²) in [5.41, 5.74) is 0. The molecule has 3 nitrogen and oxygen atoms in total. The van der Waals surface area contributed by atoms with Crippen molar-refractivity contribution in [1.29, 1.82) is 0 Å². The minimum absolute atomic E-state index is 0.236. The maximum Gasteiger partial charge on any atom is 0.469 e. The predicted octanol–water partition coefficient (Wildman–Crippen LogP) is -1.39. The van der Waals surface area contributed by atoms with E-state index in [1.807, 2.05) is 0 Å². The molecule has 1 unspecified atom stereocenters.